The highest BCUT2D eigenvalue weighted by atomic mass is 35.5. The Kier molecular flexibility index (Phi) is 4.66. The van der Waals surface area contributed by atoms with Crippen LogP contribution in [0.25, 0.3) is 11.4 Å². The van der Waals surface area contributed by atoms with E-state index in [1.54, 1.807) is 0 Å². The van der Waals surface area contributed by atoms with Crippen molar-refractivity contribution in [1.29, 1.82) is 0 Å². The second kappa shape index (κ2) is 6.71. The van der Waals surface area contributed by atoms with Crippen molar-refractivity contribution in [3.05, 3.63) is 35.9 Å². The van der Waals surface area contributed by atoms with Gasteiger partial charge in [-0.3, -0.25) is 9.78 Å². The molecule has 3 rings (SSSR count). The quantitative estimate of drug-likeness (QED) is 0.812. The van der Waals surface area contributed by atoms with E-state index < -0.39 is 0 Å². The van der Waals surface area contributed by atoms with Crippen molar-refractivity contribution in [2.75, 3.05) is 19.0 Å². The molecule has 0 aliphatic carbocycles. The Hall–Kier alpha value is -1.88. The molecular formula is C17H21ClN4O. The molecule has 0 radical (unpaired) electrons. The van der Waals surface area contributed by atoms with E-state index in [1.165, 1.54) is 0 Å². The van der Waals surface area contributed by atoms with Gasteiger partial charge in [-0.1, -0.05) is 6.07 Å². The highest BCUT2D eigenvalue weighted by molar-refractivity contribution is 6.27. The Labute approximate surface area is 141 Å². The minimum Gasteiger partial charge on any atom is -0.341 e. The number of aryl methyl sites for hydroxylation is 1. The van der Waals surface area contributed by atoms with E-state index in [0.29, 0.717) is 6.54 Å². The smallest absolute Gasteiger partial charge is 0.237 e. The van der Waals surface area contributed by atoms with Crippen molar-refractivity contribution >= 4 is 17.5 Å². The average Bonchev–Trinajstić information content (AvgIpc) is 2.93. The molecule has 1 fully saturated rings. The van der Waals surface area contributed by atoms with Gasteiger partial charge in [0.05, 0.1) is 17.6 Å². The maximum Gasteiger partial charge on any atom is 0.237 e. The minimum atomic E-state index is 0.00906. The highest BCUT2D eigenvalue weighted by Crippen LogP contribution is 2.27. The Morgan fingerprint density at radius 1 is 1.43 bits per heavy atom. The third-order valence-electron chi connectivity index (χ3n) is 4.56. The number of pyridine rings is 1. The van der Waals surface area contributed by atoms with Crippen LogP contribution in [-0.2, 0) is 11.8 Å². The summed E-state index contributed by atoms with van der Waals surface area (Å²) in [5.74, 6) is 1.29. The van der Waals surface area contributed by atoms with Gasteiger partial charge in [-0.05, 0) is 31.9 Å². The molecule has 1 atom stereocenters. The molecule has 3 heterocycles. The lowest BCUT2D eigenvalue weighted by molar-refractivity contribution is -0.129. The van der Waals surface area contributed by atoms with E-state index in [2.05, 4.69) is 4.98 Å². The number of halogens is 1. The van der Waals surface area contributed by atoms with Crippen molar-refractivity contribution in [3.8, 4) is 11.4 Å². The maximum absolute atomic E-state index is 11.8. The van der Waals surface area contributed by atoms with Crippen LogP contribution in [0.4, 0.5) is 0 Å². The molecule has 1 unspecified atom stereocenters. The number of likely N-dealkylation sites (tertiary alicyclic amines) is 1. The number of imidazole rings is 1. The third-order valence-corrected chi connectivity index (χ3v) is 4.79. The lowest BCUT2D eigenvalue weighted by Gasteiger charge is -2.32. The van der Waals surface area contributed by atoms with Gasteiger partial charge >= 0.3 is 0 Å². The molecule has 0 saturated carbocycles. The molecule has 6 heteroatoms. The number of hydrogen-bond donors (Lipinski definition) is 0. The van der Waals surface area contributed by atoms with Crippen LogP contribution in [0.15, 0.2) is 24.4 Å². The third kappa shape index (κ3) is 3.24. The first kappa shape index (κ1) is 16.0. The number of carbonyl (C=O) groups excluding carboxylic acids is 1. The van der Waals surface area contributed by atoms with Crippen LogP contribution in [0, 0.1) is 6.92 Å². The number of aromatic nitrogens is 3. The van der Waals surface area contributed by atoms with Crippen LogP contribution in [-0.4, -0.2) is 44.3 Å². The van der Waals surface area contributed by atoms with Gasteiger partial charge in [0.1, 0.15) is 11.7 Å². The molecule has 0 aromatic carbocycles. The zero-order valence-electron chi connectivity index (χ0n) is 13.5. The fraction of sp³-hybridized carbons (Fsp3) is 0.471. The first-order valence-corrected chi connectivity index (χ1v) is 8.43. The van der Waals surface area contributed by atoms with Crippen LogP contribution >= 0.6 is 11.6 Å². The number of rotatable bonds is 3. The van der Waals surface area contributed by atoms with Crippen molar-refractivity contribution in [2.45, 2.75) is 25.7 Å². The molecule has 5 nitrogen and oxygen atoms in total. The zero-order chi connectivity index (χ0) is 16.4. The molecule has 1 aliphatic heterocycles. The van der Waals surface area contributed by atoms with Gasteiger partial charge in [0, 0.05) is 31.7 Å². The van der Waals surface area contributed by atoms with E-state index in [-0.39, 0.29) is 17.7 Å². The summed E-state index contributed by atoms with van der Waals surface area (Å²) in [5.41, 5.74) is 2.97. The first-order valence-electron chi connectivity index (χ1n) is 7.89. The second-order valence-corrected chi connectivity index (χ2v) is 6.28. The monoisotopic (exact) mass is 332 g/mol. The Balaban J connectivity index is 1.85. The number of amides is 1. The van der Waals surface area contributed by atoms with E-state index in [0.717, 1.165) is 42.3 Å². The summed E-state index contributed by atoms with van der Waals surface area (Å²) < 4.78 is 2.04. The van der Waals surface area contributed by atoms with Gasteiger partial charge in [0.25, 0.3) is 0 Å². The fourth-order valence-electron chi connectivity index (χ4n) is 3.09. The van der Waals surface area contributed by atoms with Gasteiger partial charge < -0.3 is 9.47 Å². The zero-order valence-corrected chi connectivity index (χ0v) is 14.3. The minimum absolute atomic E-state index is 0.00906. The van der Waals surface area contributed by atoms with Crippen LogP contribution in [0.3, 0.4) is 0 Å². The fourth-order valence-corrected chi connectivity index (χ4v) is 3.26. The molecule has 0 bridgehead atoms. The molecule has 23 heavy (non-hydrogen) atoms. The van der Waals surface area contributed by atoms with Crippen molar-refractivity contribution in [3.63, 3.8) is 0 Å². The molecule has 1 aliphatic rings. The molecule has 122 valence electrons. The Morgan fingerprint density at radius 2 is 2.26 bits per heavy atom. The van der Waals surface area contributed by atoms with Gasteiger partial charge in [-0.25, -0.2) is 4.98 Å². The largest absolute Gasteiger partial charge is 0.341 e. The maximum atomic E-state index is 11.8. The molecule has 1 amide bonds. The number of hydrogen-bond acceptors (Lipinski definition) is 3. The predicted octanol–water partition coefficient (Wildman–Crippen LogP) is 2.74. The van der Waals surface area contributed by atoms with Gasteiger partial charge in [-0.2, -0.15) is 0 Å². The first-order chi connectivity index (χ1) is 11.1. The van der Waals surface area contributed by atoms with E-state index in [9.17, 15) is 4.79 Å². The van der Waals surface area contributed by atoms with Crippen LogP contribution in [0.5, 0.6) is 0 Å². The molecule has 2 aromatic heterocycles. The Morgan fingerprint density at radius 3 is 2.96 bits per heavy atom. The summed E-state index contributed by atoms with van der Waals surface area (Å²) in [6.07, 6.45) is 3.89. The van der Waals surface area contributed by atoms with Gasteiger partial charge in [-0.15, -0.1) is 11.6 Å². The molecule has 0 N–H and O–H groups in total. The molecule has 0 spiro atoms. The number of piperidine rings is 1. The summed E-state index contributed by atoms with van der Waals surface area (Å²) in [5, 5.41) is 0. The summed E-state index contributed by atoms with van der Waals surface area (Å²) in [6.45, 7) is 3.47. The van der Waals surface area contributed by atoms with E-state index >= 15 is 0 Å². The average molecular weight is 333 g/mol. The van der Waals surface area contributed by atoms with Crippen molar-refractivity contribution < 1.29 is 4.79 Å². The standard InChI is InChI=1S/C17H21ClN4O/c1-12-19-10-16(21(12)2)15-7-3-6-14(20-15)13-5-4-8-22(11-13)17(23)9-18/h3,6-7,10,13H,4-5,8-9,11H2,1-2H3. The Bertz CT molecular complexity index is 712. The summed E-state index contributed by atoms with van der Waals surface area (Å²) in [4.78, 5) is 22.9. The number of alkyl halides is 1. The van der Waals surface area contributed by atoms with Crippen molar-refractivity contribution in [1.82, 2.24) is 19.4 Å². The van der Waals surface area contributed by atoms with E-state index in [1.807, 2.05) is 47.8 Å². The van der Waals surface area contributed by atoms with Crippen LogP contribution < -0.4 is 0 Å². The summed E-state index contributed by atoms with van der Waals surface area (Å²) in [7, 11) is 1.99. The highest BCUT2D eigenvalue weighted by Gasteiger charge is 2.25. The van der Waals surface area contributed by atoms with Crippen LogP contribution in [0.1, 0.15) is 30.3 Å². The topological polar surface area (TPSA) is 51.0 Å². The van der Waals surface area contributed by atoms with Gasteiger partial charge in [0.15, 0.2) is 0 Å². The lowest BCUT2D eigenvalue weighted by Crippen LogP contribution is -2.40. The van der Waals surface area contributed by atoms with Crippen LogP contribution in [0.2, 0.25) is 0 Å². The molecule has 1 saturated heterocycles. The molecular weight excluding hydrogens is 312 g/mol. The van der Waals surface area contributed by atoms with Gasteiger partial charge in [0.2, 0.25) is 5.91 Å². The van der Waals surface area contributed by atoms with E-state index in [4.69, 9.17) is 16.6 Å². The molecule has 2 aromatic rings. The summed E-state index contributed by atoms with van der Waals surface area (Å²) in [6, 6.07) is 6.08. The summed E-state index contributed by atoms with van der Waals surface area (Å²) >= 11 is 5.69. The second-order valence-electron chi connectivity index (χ2n) is 6.01. The number of nitrogens with zero attached hydrogens (tertiary/aromatic N) is 4. The lowest BCUT2D eigenvalue weighted by atomic mass is 9.94. The predicted molar refractivity (Wildman–Crippen MR) is 90.5 cm³/mol. The number of carbonyl (C=O) groups is 1. The van der Waals surface area contributed by atoms with Crippen molar-refractivity contribution in [2.24, 2.45) is 7.05 Å². The normalized spacial score (nSPS) is 18.2. The SMILES string of the molecule is Cc1ncc(-c2cccc(C3CCCN(C(=O)CCl)C3)n2)n1C.